The van der Waals surface area contributed by atoms with Gasteiger partial charge in [-0.1, -0.05) is 25.5 Å². The molecule has 0 atom stereocenters. The van der Waals surface area contributed by atoms with Crippen molar-refractivity contribution >= 4 is 40.6 Å². The number of carbonyl (C=O) groups excluding carboxylic acids is 1. The molecule has 0 radical (unpaired) electrons. The summed E-state index contributed by atoms with van der Waals surface area (Å²) >= 11 is 0. The number of para-hydroxylation sites is 2. The van der Waals surface area contributed by atoms with E-state index in [1.807, 2.05) is 41.0 Å². The lowest BCUT2D eigenvalue weighted by atomic mass is 10.1. The molecule has 0 unspecified atom stereocenters. The van der Waals surface area contributed by atoms with Gasteiger partial charge in [0.2, 0.25) is 0 Å². The number of ether oxygens (including phenoxy) is 1. The lowest BCUT2D eigenvalue weighted by Gasteiger charge is -2.18. The van der Waals surface area contributed by atoms with Crippen LogP contribution >= 0.6 is 12.4 Å². The molecule has 33 heavy (non-hydrogen) atoms. The number of nitrogens with one attached hydrogen (secondary N) is 2. The lowest BCUT2D eigenvalue weighted by molar-refractivity contribution is -0.111. The number of aliphatic hydroxyl groups is 1. The smallest absolute Gasteiger partial charge is 0.262 e. The van der Waals surface area contributed by atoms with Gasteiger partial charge in [0.15, 0.2) is 0 Å². The van der Waals surface area contributed by atoms with Gasteiger partial charge < -0.3 is 25.0 Å². The number of halogens is 1. The summed E-state index contributed by atoms with van der Waals surface area (Å²) in [6.07, 6.45) is 3.73. The largest absolute Gasteiger partial charge is 0.511 e. The van der Waals surface area contributed by atoms with Crippen molar-refractivity contribution in [2.45, 2.75) is 39.2 Å². The Hall–Kier alpha value is -3.03. The van der Waals surface area contributed by atoms with Crippen LogP contribution in [0.15, 0.2) is 54.3 Å². The topological polar surface area (TPSA) is 88.4 Å². The molecule has 176 valence electrons. The monoisotopic (exact) mass is 470 g/mol. The summed E-state index contributed by atoms with van der Waals surface area (Å²) in [6.45, 7) is 5.41. The van der Waals surface area contributed by atoms with E-state index in [-0.39, 0.29) is 29.6 Å². The highest BCUT2D eigenvalue weighted by Gasteiger charge is 2.28. The maximum atomic E-state index is 13.0. The molecule has 2 heterocycles. The number of aromatic nitrogens is 2. The van der Waals surface area contributed by atoms with Crippen LogP contribution in [0.4, 0.5) is 5.69 Å². The third-order valence-corrected chi connectivity index (χ3v) is 5.55. The summed E-state index contributed by atoms with van der Waals surface area (Å²) in [4.78, 5) is 17.6. The minimum absolute atomic E-state index is 0. The van der Waals surface area contributed by atoms with Crippen LogP contribution in [0.1, 0.15) is 38.4 Å². The van der Waals surface area contributed by atoms with E-state index in [4.69, 9.17) is 4.74 Å². The highest BCUT2D eigenvalue weighted by molar-refractivity contribution is 6.25. The van der Waals surface area contributed by atoms with Crippen LogP contribution < -0.4 is 15.4 Å². The quantitative estimate of drug-likeness (QED) is 0.366. The van der Waals surface area contributed by atoms with Crippen molar-refractivity contribution in [1.82, 2.24) is 14.9 Å². The predicted octanol–water partition coefficient (Wildman–Crippen LogP) is 4.93. The van der Waals surface area contributed by atoms with Crippen molar-refractivity contribution in [3.8, 4) is 5.75 Å². The minimum Gasteiger partial charge on any atom is -0.511 e. The fourth-order valence-corrected chi connectivity index (χ4v) is 3.84. The Balaban J connectivity index is 0.00000306. The van der Waals surface area contributed by atoms with Crippen molar-refractivity contribution in [1.29, 1.82) is 0 Å². The van der Waals surface area contributed by atoms with E-state index in [1.165, 1.54) is 12.8 Å². The van der Waals surface area contributed by atoms with E-state index in [1.54, 1.807) is 12.1 Å². The summed E-state index contributed by atoms with van der Waals surface area (Å²) in [5, 5.41) is 16.7. The van der Waals surface area contributed by atoms with Gasteiger partial charge in [-0.05, 0) is 62.3 Å². The van der Waals surface area contributed by atoms with Crippen molar-refractivity contribution in [2.24, 2.45) is 0 Å². The third-order valence-electron chi connectivity index (χ3n) is 5.55. The van der Waals surface area contributed by atoms with Gasteiger partial charge in [-0.25, -0.2) is 4.98 Å². The number of hydrogen-bond acceptors (Lipinski definition) is 5. The molecule has 0 bridgehead atoms. The second kappa shape index (κ2) is 11.7. The second-order valence-electron chi connectivity index (χ2n) is 7.93. The number of carbonyl (C=O) groups is 1. The molecule has 1 aliphatic heterocycles. The van der Waals surface area contributed by atoms with Crippen molar-refractivity contribution in [2.75, 3.05) is 25.0 Å². The number of benzene rings is 2. The van der Waals surface area contributed by atoms with Gasteiger partial charge in [-0.3, -0.25) is 4.79 Å². The number of anilines is 1. The molecule has 7 nitrogen and oxygen atoms in total. The van der Waals surface area contributed by atoms with Gasteiger partial charge >= 0.3 is 0 Å². The fraction of sp³-hybridized carbons (Fsp3) is 0.360. The Kier molecular flexibility index (Phi) is 8.74. The summed E-state index contributed by atoms with van der Waals surface area (Å²) in [5.41, 5.74) is 2.63. The average molecular weight is 471 g/mol. The number of aryl methyl sites for hydroxylation is 1. The number of allylic oxidation sites excluding steroid dienone is 1. The normalized spacial score (nSPS) is 12.9. The van der Waals surface area contributed by atoms with E-state index in [9.17, 15) is 9.90 Å². The number of aliphatic hydroxyl groups excluding tert-OH is 1. The first-order valence-corrected chi connectivity index (χ1v) is 11.3. The molecular weight excluding hydrogens is 440 g/mol. The number of hydrogen-bond donors (Lipinski definition) is 3. The van der Waals surface area contributed by atoms with Crippen LogP contribution in [-0.4, -0.2) is 40.3 Å². The zero-order valence-electron chi connectivity index (χ0n) is 18.8. The Labute approximate surface area is 200 Å². The van der Waals surface area contributed by atoms with E-state index in [0.29, 0.717) is 31.1 Å². The third kappa shape index (κ3) is 5.86. The zero-order valence-corrected chi connectivity index (χ0v) is 19.7. The van der Waals surface area contributed by atoms with Gasteiger partial charge in [0, 0.05) is 18.7 Å². The molecule has 4 rings (SSSR count). The number of imidazole rings is 1. The molecule has 0 spiro atoms. The molecule has 8 heteroatoms. The highest BCUT2D eigenvalue weighted by atomic mass is 35.5. The maximum absolute atomic E-state index is 13.0. The summed E-state index contributed by atoms with van der Waals surface area (Å²) < 4.78 is 7.75. The second-order valence-corrected chi connectivity index (χ2v) is 7.93. The molecule has 0 saturated carbocycles. The average Bonchev–Trinajstić information content (AvgIpc) is 3.17. The van der Waals surface area contributed by atoms with Gasteiger partial charge in [0.25, 0.3) is 5.91 Å². The minimum atomic E-state index is -0.370. The molecule has 2 aromatic carbocycles. The first kappa shape index (κ1) is 24.6. The molecule has 3 aromatic rings. The van der Waals surface area contributed by atoms with Crippen LogP contribution in [0.3, 0.4) is 0 Å². The van der Waals surface area contributed by atoms with Crippen molar-refractivity contribution in [3.05, 3.63) is 60.1 Å². The number of amides is 1. The molecule has 1 amide bonds. The Morgan fingerprint density at radius 3 is 2.67 bits per heavy atom. The highest BCUT2D eigenvalue weighted by Crippen LogP contribution is 2.30. The number of nitrogens with zero attached hydrogens (tertiary/aromatic N) is 2. The number of rotatable bonds is 10. The van der Waals surface area contributed by atoms with Crippen molar-refractivity contribution < 1.29 is 14.6 Å². The van der Waals surface area contributed by atoms with E-state index >= 15 is 0 Å². The summed E-state index contributed by atoms with van der Waals surface area (Å²) in [5.74, 6) is 0.960. The standard InChI is InChI=1S/C25H30N4O3.ClH/c1-2-3-14-26-15-6-17-32-19-11-9-18(10-12-19)27-25(31)23-22(30)13-16-29-21-8-5-4-7-20(21)28-24(23)29;/h4-5,7-12,26,30H,2-3,6,13-17H2,1H3,(H,27,31);1H. The first-order valence-electron chi connectivity index (χ1n) is 11.3. The van der Waals surface area contributed by atoms with E-state index in [0.717, 1.165) is 36.3 Å². The van der Waals surface area contributed by atoms with Gasteiger partial charge in [0.1, 0.15) is 22.9 Å². The van der Waals surface area contributed by atoms with E-state index in [2.05, 4.69) is 22.5 Å². The fourth-order valence-electron chi connectivity index (χ4n) is 3.84. The first-order chi connectivity index (χ1) is 15.7. The Morgan fingerprint density at radius 2 is 1.88 bits per heavy atom. The van der Waals surface area contributed by atoms with Gasteiger partial charge in [-0.15, -0.1) is 12.4 Å². The molecular formula is C25H31ClN4O3. The van der Waals surface area contributed by atoms with Gasteiger partial charge in [-0.2, -0.15) is 0 Å². The van der Waals surface area contributed by atoms with Gasteiger partial charge in [0.05, 0.1) is 17.6 Å². The SMILES string of the molecule is CCCCNCCCOc1ccc(NC(=O)C2=C(O)CCn3c2nc2ccccc23)cc1.Cl. The molecule has 0 aliphatic carbocycles. The molecule has 0 saturated heterocycles. The molecule has 1 aromatic heterocycles. The van der Waals surface area contributed by atoms with Crippen LogP contribution in [0.5, 0.6) is 5.75 Å². The number of unbranched alkanes of at least 4 members (excludes halogenated alkanes) is 1. The van der Waals surface area contributed by atoms with Crippen molar-refractivity contribution in [3.63, 3.8) is 0 Å². The van der Waals surface area contributed by atoms with Crippen LogP contribution in [0.2, 0.25) is 0 Å². The van der Waals surface area contributed by atoms with E-state index < -0.39 is 0 Å². The zero-order chi connectivity index (χ0) is 22.3. The van der Waals surface area contributed by atoms with Crippen LogP contribution in [0, 0.1) is 0 Å². The Morgan fingerprint density at radius 1 is 1.12 bits per heavy atom. The van der Waals surface area contributed by atoms with Crippen LogP contribution in [0.25, 0.3) is 16.6 Å². The number of fused-ring (bicyclic) bond motifs is 3. The molecule has 3 N–H and O–H groups in total. The Bertz CT molecular complexity index is 1110. The maximum Gasteiger partial charge on any atom is 0.262 e. The summed E-state index contributed by atoms with van der Waals surface area (Å²) in [7, 11) is 0. The lowest BCUT2D eigenvalue weighted by Crippen LogP contribution is -2.22. The van der Waals surface area contributed by atoms with Crippen LogP contribution in [-0.2, 0) is 11.3 Å². The summed E-state index contributed by atoms with van der Waals surface area (Å²) in [6, 6.07) is 15.0. The molecule has 0 fully saturated rings. The molecule has 1 aliphatic rings. The predicted molar refractivity (Wildman–Crippen MR) is 134 cm³/mol.